The molecule has 0 aliphatic rings. The summed E-state index contributed by atoms with van der Waals surface area (Å²) in [5.41, 5.74) is 0. The molecule has 0 saturated carbocycles. The second-order valence-corrected chi connectivity index (χ2v) is 5.60. The van der Waals surface area contributed by atoms with Crippen molar-refractivity contribution in [1.82, 2.24) is 0 Å². The Morgan fingerprint density at radius 2 is 0.500 bits per heavy atom. The zero-order valence-electron chi connectivity index (χ0n) is 13.0. The minimum absolute atomic E-state index is 0. The van der Waals surface area contributed by atoms with Crippen LogP contribution in [-0.4, -0.2) is 0 Å². The predicted octanol–water partition coefficient (Wildman–Crippen LogP) is 7.46. The Morgan fingerprint density at radius 1 is 0.333 bits per heavy atom. The molecule has 0 aromatic carbocycles. The van der Waals surface area contributed by atoms with Crippen LogP contribution in [0.25, 0.3) is 0 Å². The molecule has 112 valence electrons. The van der Waals surface area contributed by atoms with E-state index in [1.165, 1.54) is 96.3 Å². The summed E-state index contributed by atoms with van der Waals surface area (Å²) in [6.07, 6.45) is 21.9. The number of hydrogen-bond acceptors (Lipinski definition) is 0. The number of halogens is 1. The van der Waals surface area contributed by atoms with Gasteiger partial charge in [0.2, 0.25) is 0 Å². The molecule has 0 unspecified atom stereocenters. The van der Waals surface area contributed by atoms with Crippen LogP contribution in [0.2, 0.25) is 0 Å². The van der Waals surface area contributed by atoms with Gasteiger partial charge in [-0.3, -0.25) is 0 Å². The third-order valence-corrected chi connectivity index (χ3v) is 3.71. The average molecular weight is 321 g/mol. The fourth-order valence-corrected chi connectivity index (χ4v) is 2.44. The lowest BCUT2D eigenvalue weighted by Gasteiger charge is -2.02. The Balaban J connectivity index is 0. The van der Waals surface area contributed by atoms with E-state index < -0.39 is 0 Å². The molecule has 0 aromatic rings. The lowest BCUT2D eigenvalue weighted by Crippen LogP contribution is -1.82. The van der Waals surface area contributed by atoms with E-state index in [4.69, 9.17) is 0 Å². The van der Waals surface area contributed by atoms with Gasteiger partial charge in [-0.2, -0.15) is 0 Å². The molecule has 0 atom stereocenters. The maximum Gasteiger partial charge on any atom is -0.0533 e. The van der Waals surface area contributed by atoms with Gasteiger partial charge in [-0.25, -0.2) is 0 Å². The standard InChI is InChI=1S/C17H36.BrH/c1-3-5-7-9-11-13-15-17-16-14-12-10-8-6-4-2;/h3-17H2,1-2H3;1H. The molecular formula is C17H37Br. The van der Waals surface area contributed by atoms with E-state index >= 15 is 0 Å². The molecule has 0 heterocycles. The minimum atomic E-state index is 0. The highest BCUT2D eigenvalue weighted by Crippen LogP contribution is 2.13. The van der Waals surface area contributed by atoms with Crippen LogP contribution >= 0.6 is 17.0 Å². The van der Waals surface area contributed by atoms with Crippen molar-refractivity contribution >= 4 is 17.0 Å². The third-order valence-electron chi connectivity index (χ3n) is 3.71. The maximum atomic E-state index is 2.29. The van der Waals surface area contributed by atoms with Crippen LogP contribution in [0, 0.1) is 0 Å². The monoisotopic (exact) mass is 320 g/mol. The average Bonchev–Trinajstić information content (AvgIpc) is 2.35. The fraction of sp³-hybridized carbons (Fsp3) is 1.00. The van der Waals surface area contributed by atoms with Crippen molar-refractivity contribution in [3.05, 3.63) is 0 Å². The summed E-state index contributed by atoms with van der Waals surface area (Å²) >= 11 is 0. The van der Waals surface area contributed by atoms with Crippen LogP contribution in [0.5, 0.6) is 0 Å². The van der Waals surface area contributed by atoms with E-state index in [1.807, 2.05) is 0 Å². The first kappa shape index (κ1) is 20.8. The number of unbranched alkanes of at least 4 members (excludes halogenated alkanes) is 14. The Hall–Kier alpha value is 0.480. The Bertz CT molecular complexity index is 109. The molecular weight excluding hydrogens is 284 g/mol. The third kappa shape index (κ3) is 18.8. The fourth-order valence-electron chi connectivity index (χ4n) is 2.44. The van der Waals surface area contributed by atoms with Crippen molar-refractivity contribution in [2.24, 2.45) is 0 Å². The van der Waals surface area contributed by atoms with Gasteiger partial charge in [0.15, 0.2) is 0 Å². The van der Waals surface area contributed by atoms with Gasteiger partial charge >= 0.3 is 0 Å². The van der Waals surface area contributed by atoms with Gasteiger partial charge in [0, 0.05) is 0 Å². The zero-order valence-corrected chi connectivity index (χ0v) is 14.7. The van der Waals surface area contributed by atoms with E-state index in [0.29, 0.717) is 0 Å². The Labute approximate surface area is 127 Å². The summed E-state index contributed by atoms with van der Waals surface area (Å²) in [6.45, 7) is 4.58. The predicted molar refractivity (Wildman–Crippen MR) is 90.9 cm³/mol. The van der Waals surface area contributed by atoms with Crippen LogP contribution in [0.1, 0.15) is 110 Å². The summed E-state index contributed by atoms with van der Waals surface area (Å²) in [5.74, 6) is 0. The van der Waals surface area contributed by atoms with Crippen LogP contribution in [0.4, 0.5) is 0 Å². The quantitative estimate of drug-likeness (QED) is 0.291. The van der Waals surface area contributed by atoms with E-state index in [0.717, 1.165) is 0 Å². The molecule has 0 saturated heterocycles. The van der Waals surface area contributed by atoms with Crippen molar-refractivity contribution < 1.29 is 0 Å². The van der Waals surface area contributed by atoms with E-state index in [2.05, 4.69) is 13.8 Å². The van der Waals surface area contributed by atoms with Gasteiger partial charge < -0.3 is 0 Å². The second kappa shape index (κ2) is 19.8. The molecule has 0 aliphatic carbocycles. The largest absolute Gasteiger partial charge is 0.114 e. The van der Waals surface area contributed by atoms with Gasteiger partial charge in [-0.1, -0.05) is 110 Å². The first-order chi connectivity index (χ1) is 8.41. The van der Waals surface area contributed by atoms with Crippen LogP contribution in [0.3, 0.4) is 0 Å². The molecule has 18 heavy (non-hydrogen) atoms. The molecule has 0 aliphatic heterocycles. The van der Waals surface area contributed by atoms with Gasteiger partial charge in [0.05, 0.1) is 0 Å². The highest BCUT2D eigenvalue weighted by atomic mass is 79.9. The number of rotatable bonds is 14. The van der Waals surface area contributed by atoms with Crippen molar-refractivity contribution in [1.29, 1.82) is 0 Å². The zero-order chi connectivity index (χ0) is 12.6. The van der Waals surface area contributed by atoms with Gasteiger partial charge in [-0.15, -0.1) is 17.0 Å². The summed E-state index contributed by atoms with van der Waals surface area (Å²) in [4.78, 5) is 0. The summed E-state index contributed by atoms with van der Waals surface area (Å²) < 4.78 is 0. The highest BCUT2D eigenvalue weighted by molar-refractivity contribution is 8.93. The molecule has 0 N–H and O–H groups in total. The highest BCUT2D eigenvalue weighted by Gasteiger charge is 1.93. The molecule has 0 fully saturated rings. The molecule has 0 amide bonds. The molecule has 0 radical (unpaired) electrons. The number of hydrogen-bond donors (Lipinski definition) is 0. The minimum Gasteiger partial charge on any atom is -0.114 e. The maximum absolute atomic E-state index is 2.29. The van der Waals surface area contributed by atoms with Gasteiger partial charge in [0.1, 0.15) is 0 Å². The molecule has 0 spiro atoms. The molecule has 0 bridgehead atoms. The second-order valence-electron chi connectivity index (χ2n) is 5.60. The van der Waals surface area contributed by atoms with Crippen LogP contribution in [0.15, 0.2) is 0 Å². The van der Waals surface area contributed by atoms with Crippen molar-refractivity contribution in [3.63, 3.8) is 0 Å². The molecule has 0 nitrogen and oxygen atoms in total. The van der Waals surface area contributed by atoms with Gasteiger partial charge in [0.25, 0.3) is 0 Å². The first-order valence-corrected chi connectivity index (χ1v) is 8.41. The summed E-state index contributed by atoms with van der Waals surface area (Å²) in [6, 6.07) is 0. The van der Waals surface area contributed by atoms with Crippen molar-refractivity contribution in [3.8, 4) is 0 Å². The van der Waals surface area contributed by atoms with Crippen LogP contribution in [-0.2, 0) is 0 Å². The molecule has 0 rings (SSSR count). The van der Waals surface area contributed by atoms with Crippen LogP contribution < -0.4 is 0 Å². The van der Waals surface area contributed by atoms with E-state index in [-0.39, 0.29) is 17.0 Å². The van der Waals surface area contributed by atoms with E-state index in [1.54, 1.807) is 0 Å². The van der Waals surface area contributed by atoms with Crippen molar-refractivity contribution in [2.75, 3.05) is 0 Å². The normalized spacial score (nSPS) is 10.3. The summed E-state index contributed by atoms with van der Waals surface area (Å²) in [5, 5.41) is 0. The smallest absolute Gasteiger partial charge is 0.0533 e. The first-order valence-electron chi connectivity index (χ1n) is 8.41. The SMILES string of the molecule is Br.CCCCCCCCCCCCCCCCC. The Morgan fingerprint density at radius 3 is 0.667 bits per heavy atom. The van der Waals surface area contributed by atoms with Crippen molar-refractivity contribution in [2.45, 2.75) is 110 Å². The molecule has 1 heteroatoms. The van der Waals surface area contributed by atoms with Gasteiger partial charge in [-0.05, 0) is 0 Å². The lowest BCUT2D eigenvalue weighted by atomic mass is 10.0. The lowest BCUT2D eigenvalue weighted by molar-refractivity contribution is 0.534. The van der Waals surface area contributed by atoms with E-state index in [9.17, 15) is 0 Å². The Kier molecular flexibility index (Phi) is 22.9. The summed E-state index contributed by atoms with van der Waals surface area (Å²) in [7, 11) is 0. The topological polar surface area (TPSA) is 0 Å². The molecule has 0 aromatic heterocycles.